The van der Waals surface area contributed by atoms with Gasteiger partial charge in [-0.3, -0.25) is 4.57 Å². The average Bonchev–Trinajstić information content (AvgIpc) is 3.84. The highest BCUT2D eigenvalue weighted by Gasteiger charge is 2.51. The molecule has 0 radical (unpaired) electrons. The molecule has 2 aliphatic rings. The molecule has 2 heterocycles. The van der Waals surface area contributed by atoms with Gasteiger partial charge in [0.25, 0.3) is 0 Å². The summed E-state index contributed by atoms with van der Waals surface area (Å²) in [6.07, 6.45) is 0. The Kier molecular flexibility index (Phi) is 5.95. The maximum Gasteiger partial charge on any atom is 0.238 e. The molecular weight excluding hydrogens is 657 g/mol. The lowest BCUT2D eigenvalue weighted by molar-refractivity contribution is 0.795. The van der Waals surface area contributed by atoms with Gasteiger partial charge in [0.05, 0.1) is 16.4 Å². The molecule has 12 rings (SSSR count). The predicted octanol–water partition coefficient (Wildman–Crippen LogP) is 11.8. The lowest BCUT2D eigenvalue weighted by atomic mass is 9.70. The molecule has 0 amide bonds. The molecule has 1 unspecified atom stereocenters. The van der Waals surface area contributed by atoms with E-state index in [9.17, 15) is 0 Å². The van der Waals surface area contributed by atoms with E-state index in [2.05, 4.69) is 168 Å². The Morgan fingerprint density at radius 1 is 0.352 bits per heavy atom. The topological polar surface area (TPSA) is 43.6 Å². The number of para-hydroxylation sites is 2. The summed E-state index contributed by atoms with van der Waals surface area (Å²) in [5.74, 6) is 1.87. The zero-order valence-electron chi connectivity index (χ0n) is 29.1. The minimum absolute atomic E-state index is 0.497. The van der Waals surface area contributed by atoms with Gasteiger partial charge in [0, 0.05) is 21.9 Å². The maximum atomic E-state index is 5.33. The number of rotatable bonds is 3. The number of benzene rings is 8. The number of nitrogens with zero attached hydrogens (tertiary/aromatic N) is 4. The quantitative estimate of drug-likeness (QED) is 0.186. The van der Waals surface area contributed by atoms with Gasteiger partial charge < -0.3 is 0 Å². The highest BCUT2D eigenvalue weighted by molar-refractivity contribution is 6.09. The summed E-state index contributed by atoms with van der Waals surface area (Å²) in [4.78, 5) is 15.7. The molecule has 0 N–H and O–H groups in total. The Balaban J connectivity index is 1.15. The second-order valence-electron chi connectivity index (χ2n) is 14.4. The van der Waals surface area contributed by atoms with Crippen molar-refractivity contribution < 1.29 is 0 Å². The van der Waals surface area contributed by atoms with Crippen LogP contribution in [0, 0.1) is 0 Å². The molecule has 1 atom stereocenters. The van der Waals surface area contributed by atoms with E-state index in [1.165, 1.54) is 66.1 Å². The standard InChI is InChI=1S/C50H30N4/c1-2-14-31(15-3-1)47-51-48(53-49(52-47)54-45-24-12-8-20-38(45)39-21-9-13-25-46(39)54)34-26-27-37-35-18-6-10-22-41(35)50(43(37)30-34)42-23-11-7-19-36(42)40-28-32-16-4-5-17-33(32)29-44(40)50/h1-30H. The Morgan fingerprint density at radius 2 is 0.870 bits per heavy atom. The van der Waals surface area contributed by atoms with Crippen LogP contribution in [0.2, 0.25) is 0 Å². The molecule has 8 aromatic carbocycles. The van der Waals surface area contributed by atoms with Crippen LogP contribution in [0.4, 0.5) is 0 Å². The van der Waals surface area contributed by atoms with Crippen molar-refractivity contribution in [1.29, 1.82) is 0 Å². The van der Waals surface area contributed by atoms with Gasteiger partial charge in [-0.2, -0.15) is 9.97 Å². The molecule has 2 aliphatic carbocycles. The monoisotopic (exact) mass is 686 g/mol. The number of fused-ring (bicyclic) bond motifs is 14. The average molecular weight is 687 g/mol. The van der Waals surface area contributed by atoms with E-state index in [1.54, 1.807) is 0 Å². The summed E-state index contributed by atoms with van der Waals surface area (Å²) in [7, 11) is 0. The smallest absolute Gasteiger partial charge is 0.238 e. The van der Waals surface area contributed by atoms with E-state index in [0.717, 1.165) is 22.2 Å². The second-order valence-corrected chi connectivity index (χ2v) is 14.4. The van der Waals surface area contributed by atoms with Crippen molar-refractivity contribution in [3.63, 3.8) is 0 Å². The van der Waals surface area contributed by atoms with E-state index in [0.29, 0.717) is 17.6 Å². The zero-order valence-corrected chi connectivity index (χ0v) is 29.1. The van der Waals surface area contributed by atoms with Gasteiger partial charge in [-0.15, -0.1) is 0 Å². The van der Waals surface area contributed by atoms with Crippen molar-refractivity contribution in [2.75, 3.05) is 0 Å². The van der Waals surface area contributed by atoms with Gasteiger partial charge in [-0.25, -0.2) is 4.98 Å². The number of hydrogen-bond donors (Lipinski definition) is 0. The van der Waals surface area contributed by atoms with Gasteiger partial charge in [0.2, 0.25) is 5.95 Å². The first-order valence-corrected chi connectivity index (χ1v) is 18.5. The first kappa shape index (κ1) is 29.4. The maximum absolute atomic E-state index is 5.33. The summed E-state index contributed by atoms with van der Waals surface area (Å²) in [6, 6.07) is 65.5. The third-order valence-electron chi connectivity index (χ3n) is 11.6. The van der Waals surface area contributed by atoms with Crippen LogP contribution < -0.4 is 0 Å². The van der Waals surface area contributed by atoms with Crippen molar-refractivity contribution in [1.82, 2.24) is 19.5 Å². The van der Waals surface area contributed by atoms with Crippen molar-refractivity contribution in [2.24, 2.45) is 0 Å². The van der Waals surface area contributed by atoms with Gasteiger partial charge in [0.1, 0.15) is 0 Å². The summed E-state index contributed by atoms with van der Waals surface area (Å²) in [5.41, 5.74) is 13.8. The van der Waals surface area contributed by atoms with E-state index in [-0.39, 0.29) is 0 Å². The molecule has 10 aromatic rings. The Bertz CT molecular complexity index is 3120. The molecule has 0 aliphatic heterocycles. The second kappa shape index (κ2) is 10.9. The zero-order chi connectivity index (χ0) is 35.4. The molecule has 0 saturated carbocycles. The highest BCUT2D eigenvalue weighted by Crippen LogP contribution is 2.63. The van der Waals surface area contributed by atoms with Crippen LogP contribution >= 0.6 is 0 Å². The van der Waals surface area contributed by atoms with Crippen LogP contribution in [0.15, 0.2) is 182 Å². The molecule has 54 heavy (non-hydrogen) atoms. The predicted molar refractivity (Wildman–Crippen MR) is 219 cm³/mol. The molecule has 0 fully saturated rings. The van der Waals surface area contributed by atoms with Gasteiger partial charge in [0.15, 0.2) is 11.6 Å². The number of hydrogen-bond acceptors (Lipinski definition) is 3. The lowest BCUT2D eigenvalue weighted by Gasteiger charge is -2.31. The first-order chi connectivity index (χ1) is 26.8. The molecule has 0 bridgehead atoms. The SMILES string of the molecule is c1ccc(-c2nc(-c3ccc4c(c3)C3(c5ccccc5-4)c4ccccc4-c4cc5ccccc5cc43)nc(-n3c4ccccc4c4ccccc43)n2)cc1. The Labute approximate surface area is 311 Å². The molecule has 1 spiro atoms. The minimum Gasteiger partial charge on any atom is -0.278 e. The van der Waals surface area contributed by atoms with Crippen molar-refractivity contribution >= 4 is 32.6 Å². The van der Waals surface area contributed by atoms with Crippen LogP contribution in [0.1, 0.15) is 22.3 Å². The Hall–Kier alpha value is -7.17. The molecule has 4 heteroatoms. The largest absolute Gasteiger partial charge is 0.278 e. The molecule has 250 valence electrons. The summed E-state index contributed by atoms with van der Waals surface area (Å²) in [6.45, 7) is 0. The highest BCUT2D eigenvalue weighted by atomic mass is 15.2. The van der Waals surface area contributed by atoms with Crippen LogP contribution in [-0.2, 0) is 5.41 Å². The number of aromatic nitrogens is 4. The van der Waals surface area contributed by atoms with Crippen molar-refractivity contribution in [3.05, 3.63) is 204 Å². The van der Waals surface area contributed by atoms with E-state index in [4.69, 9.17) is 15.0 Å². The fourth-order valence-corrected chi connectivity index (χ4v) is 9.41. The molecule has 2 aromatic heterocycles. The Morgan fingerprint density at radius 3 is 1.57 bits per heavy atom. The minimum atomic E-state index is -0.497. The fraction of sp³-hybridized carbons (Fsp3) is 0.0200. The first-order valence-electron chi connectivity index (χ1n) is 18.5. The van der Waals surface area contributed by atoms with Crippen LogP contribution in [0.25, 0.3) is 83.6 Å². The molecule has 4 nitrogen and oxygen atoms in total. The van der Waals surface area contributed by atoms with Gasteiger partial charge in [-0.1, -0.05) is 152 Å². The summed E-state index contributed by atoms with van der Waals surface area (Å²) < 4.78 is 2.18. The van der Waals surface area contributed by atoms with Crippen molar-refractivity contribution in [2.45, 2.75) is 5.41 Å². The van der Waals surface area contributed by atoms with E-state index in [1.807, 2.05) is 18.2 Å². The van der Waals surface area contributed by atoms with Crippen molar-refractivity contribution in [3.8, 4) is 51.0 Å². The third kappa shape index (κ3) is 3.89. The lowest BCUT2D eigenvalue weighted by Crippen LogP contribution is -2.26. The fourth-order valence-electron chi connectivity index (χ4n) is 9.41. The third-order valence-corrected chi connectivity index (χ3v) is 11.6. The van der Waals surface area contributed by atoms with E-state index >= 15 is 0 Å². The van der Waals surface area contributed by atoms with Crippen LogP contribution in [-0.4, -0.2) is 19.5 Å². The van der Waals surface area contributed by atoms with Gasteiger partial charge >= 0.3 is 0 Å². The van der Waals surface area contributed by atoms with Crippen LogP contribution in [0.5, 0.6) is 0 Å². The molecular formula is C50H30N4. The van der Waals surface area contributed by atoms with E-state index < -0.39 is 5.41 Å². The normalized spacial score (nSPS) is 15.1. The van der Waals surface area contributed by atoms with Crippen LogP contribution in [0.3, 0.4) is 0 Å². The summed E-state index contributed by atoms with van der Waals surface area (Å²) >= 11 is 0. The van der Waals surface area contributed by atoms with Gasteiger partial charge in [-0.05, 0) is 85.6 Å². The summed E-state index contributed by atoms with van der Waals surface area (Å²) in [5, 5.41) is 4.82. The molecule has 0 saturated heterocycles.